The van der Waals surface area contributed by atoms with Crippen molar-refractivity contribution in [1.82, 2.24) is 5.32 Å². The molecule has 0 aliphatic carbocycles. The third-order valence-corrected chi connectivity index (χ3v) is 2.75. The summed E-state index contributed by atoms with van der Waals surface area (Å²) in [5.41, 5.74) is 0.935. The highest BCUT2D eigenvalue weighted by atomic mass is 32.1. The first-order chi connectivity index (χ1) is 8.20. The first kappa shape index (κ1) is 13.7. The lowest BCUT2D eigenvalue weighted by molar-refractivity contribution is 0.204. The van der Waals surface area contributed by atoms with Gasteiger partial charge in [-0.3, -0.25) is 0 Å². The molecular weight excluding hydrogens is 236 g/mol. The molecule has 0 saturated carbocycles. The van der Waals surface area contributed by atoms with E-state index in [0.29, 0.717) is 18.3 Å². The summed E-state index contributed by atoms with van der Waals surface area (Å²) in [6.45, 7) is 1.31. The van der Waals surface area contributed by atoms with Crippen molar-refractivity contribution >= 4 is 23.0 Å². The summed E-state index contributed by atoms with van der Waals surface area (Å²) in [6.07, 6.45) is 0. The molecule has 0 spiro atoms. The monoisotopic (exact) mass is 254 g/mol. The number of methoxy groups -OCH3 is 2. The summed E-state index contributed by atoms with van der Waals surface area (Å²) in [4.78, 5) is 1.88. The summed E-state index contributed by atoms with van der Waals surface area (Å²) in [5, 5.41) is 3.75. The van der Waals surface area contributed by atoms with Gasteiger partial charge in [-0.2, -0.15) is 0 Å². The normalized spacial score (nSPS) is 9.82. The lowest BCUT2D eigenvalue weighted by Gasteiger charge is -2.22. The molecule has 0 bridgehead atoms. The molecule has 5 heteroatoms. The fraction of sp³-hybridized carbons (Fsp3) is 0.417. The van der Waals surface area contributed by atoms with Gasteiger partial charge in [0, 0.05) is 20.7 Å². The molecule has 0 saturated heterocycles. The first-order valence-electron chi connectivity index (χ1n) is 5.34. The van der Waals surface area contributed by atoms with E-state index in [0.717, 1.165) is 11.4 Å². The van der Waals surface area contributed by atoms with Crippen molar-refractivity contribution in [2.45, 2.75) is 0 Å². The van der Waals surface area contributed by atoms with Gasteiger partial charge >= 0.3 is 0 Å². The fourth-order valence-electron chi connectivity index (χ4n) is 1.39. The zero-order valence-electron chi connectivity index (χ0n) is 10.4. The number of hydrogen-bond acceptors (Lipinski definition) is 3. The minimum Gasteiger partial charge on any atom is -0.495 e. The highest BCUT2D eigenvalue weighted by molar-refractivity contribution is 7.80. The Morgan fingerprint density at radius 3 is 2.71 bits per heavy atom. The summed E-state index contributed by atoms with van der Waals surface area (Å²) < 4.78 is 10.2. The van der Waals surface area contributed by atoms with Crippen molar-refractivity contribution in [3.05, 3.63) is 24.3 Å². The summed E-state index contributed by atoms with van der Waals surface area (Å²) in [5.74, 6) is 0.797. The Kier molecular flexibility index (Phi) is 5.72. The van der Waals surface area contributed by atoms with Crippen LogP contribution in [0.2, 0.25) is 0 Å². The smallest absolute Gasteiger partial charge is 0.173 e. The lowest BCUT2D eigenvalue weighted by Crippen LogP contribution is -2.38. The van der Waals surface area contributed by atoms with Crippen LogP contribution in [-0.2, 0) is 4.74 Å². The second kappa shape index (κ2) is 7.09. The number of ether oxygens (including phenoxy) is 2. The summed E-state index contributed by atoms with van der Waals surface area (Å²) >= 11 is 5.28. The van der Waals surface area contributed by atoms with E-state index >= 15 is 0 Å². The maximum absolute atomic E-state index is 5.29. The van der Waals surface area contributed by atoms with Crippen LogP contribution in [0.3, 0.4) is 0 Å². The second-order valence-electron chi connectivity index (χ2n) is 3.46. The largest absolute Gasteiger partial charge is 0.495 e. The number of benzene rings is 1. The predicted molar refractivity (Wildman–Crippen MR) is 73.9 cm³/mol. The molecule has 1 aromatic carbocycles. The highest BCUT2D eigenvalue weighted by Crippen LogP contribution is 2.26. The molecule has 17 heavy (non-hydrogen) atoms. The van der Waals surface area contributed by atoms with Gasteiger partial charge in [0.25, 0.3) is 0 Å². The van der Waals surface area contributed by atoms with Crippen LogP contribution in [-0.4, -0.2) is 39.5 Å². The number of para-hydroxylation sites is 2. The average Bonchev–Trinajstić information content (AvgIpc) is 2.38. The second-order valence-corrected chi connectivity index (χ2v) is 3.84. The number of rotatable bonds is 5. The summed E-state index contributed by atoms with van der Waals surface area (Å²) in [7, 11) is 5.21. The molecule has 0 heterocycles. The van der Waals surface area contributed by atoms with Crippen molar-refractivity contribution in [2.75, 3.05) is 39.3 Å². The molecule has 1 rings (SSSR count). The Labute approximate surface area is 108 Å². The standard InChI is InChI=1S/C12H18N2O2S/c1-14(12(17)13-8-9-15-2)10-6-4-5-7-11(10)16-3/h4-7H,8-9H2,1-3H3,(H,13,17). The topological polar surface area (TPSA) is 33.7 Å². The van der Waals surface area contributed by atoms with Gasteiger partial charge in [0.15, 0.2) is 5.11 Å². The van der Waals surface area contributed by atoms with Gasteiger partial charge < -0.3 is 19.7 Å². The van der Waals surface area contributed by atoms with Crippen molar-refractivity contribution in [1.29, 1.82) is 0 Å². The maximum atomic E-state index is 5.29. The van der Waals surface area contributed by atoms with Crippen molar-refractivity contribution < 1.29 is 9.47 Å². The Balaban J connectivity index is 2.67. The molecule has 1 aromatic rings. The lowest BCUT2D eigenvalue weighted by atomic mass is 10.3. The molecule has 0 fully saturated rings. The molecule has 0 aliphatic rings. The molecule has 0 amide bonds. The van der Waals surface area contributed by atoms with Gasteiger partial charge in [-0.15, -0.1) is 0 Å². The summed E-state index contributed by atoms with van der Waals surface area (Å²) in [6, 6.07) is 7.75. The molecule has 0 unspecified atom stereocenters. The van der Waals surface area contributed by atoms with E-state index in [1.807, 2.05) is 36.2 Å². The van der Waals surface area contributed by atoms with E-state index < -0.39 is 0 Å². The highest BCUT2D eigenvalue weighted by Gasteiger charge is 2.10. The van der Waals surface area contributed by atoms with Gasteiger partial charge in [-0.25, -0.2) is 0 Å². The first-order valence-corrected chi connectivity index (χ1v) is 5.75. The zero-order chi connectivity index (χ0) is 12.7. The Morgan fingerprint density at radius 1 is 1.35 bits per heavy atom. The number of nitrogens with one attached hydrogen (secondary N) is 1. The van der Waals surface area contributed by atoms with Crippen molar-refractivity contribution in [2.24, 2.45) is 0 Å². The number of hydrogen-bond donors (Lipinski definition) is 1. The average molecular weight is 254 g/mol. The fourth-order valence-corrected chi connectivity index (χ4v) is 1.60. The van der Waals surface area contributed by atoms with Gasteiger partial charge in [0.1, 0.15) is 5.75 Å². The van der Waals surface area contributed by atoms with E-state index in [1.165, 1.54) is 0 Å². The van der Waals surface area contributed by atoms with E-state index in [9.17, 15) is 0 Å². The van der Waals surface area contributed by atoms with Crippen LogP contribution in [0, 0.1) is 0 Å². The van der Waals surface area contributed by atoms with E-state index in [1.54, 1.807) is 14.2 Å². The minimum atomic E-state index is 0.625. The Hall–Kier alpha value is -1.33. The number of anilines is 1. The van der Waals surface area contributed by atoms with Crippen LogP contribution in [0.1, 0.15) is 0 Å². The molecule has 94 valence electrons. The van der Waals surface area contributed by atoms with Crippen LogP contribution in [0.25, 0.3) is 0 Å². The number of thiocarbonyl (C=S) groups is 1. The van der Waals surface area contributed by atoms with Gasteiger partial charge in [0.2, 0.25) is 0 Å². The molecular formula is C12H18N2O2S. The Bertz CT molecular complexity index is 371. The van der Waals surface area contributed by atoms with Crippen molar-refractivity contribution in [3.8, 4) is 5.75 Å². The SMILES string of the molecule is COCCNC(=S)N(C)c1ccccc1OC. The molecule has 0 aliphatic heterocycles. The molecule has 4 nitrogen and oxygen atoms in total. The van der Waals surface area contributed by atoms with Crippen LogP contribution in [0.15, 0.2) is 24.3 Å². The zero-order valence-corrected chi connectivity index (χ0v) is 11.2. The molecule has 0 radical (unpaired) electrons. The van der Waals surface area contributed by atoms with Gasteiger partial charge in [-0.05, 0) is 24.4 Å². The third-order valence-electron chi connectivity index (χ3n) is 2.33. The maximum Gasteiger partial charge on any atom is 0.173 e. The van der Waals surface area contributed by atoms with Crippen LogP contribution < -0.4 is 15.0 Å². The van der Waals surface area contributed by atoms with Crippen LogP contribution in [0.5, 0.6) is 5.75 Å². The van der Waals surface area contributed by atoms with Crippen LogP contribution >= 0.6 is 12.2 Å². The van der Waals surface area contributed by atoms with E-state index in [4.69, 9.17) is 21.7 Å². The predicted octanol–water partition coefficient (Wildman–Crippen LogP) is 1.65. The van der Waals surface area contributed by atoms with Gasteiger partial charge in [0.05, 0.1) is 19.4 Å². The van der Waals surface area contributed by atoms with E-state index in [2.05, 4.69) is 5.32 Å². The van der Waals surface area contributed by atoms with Crippen molar-refractivity contribution in [3.63, 3.8) is 0 Å². The van der Waals surface area contributed by atoms with Gasteiger partial charge in [-0.1, -0.05) is 12.1 Å². The molecule has 0 atom stereocenters. The molecule has 1 N–H and O–H groups in total. The van der Waals surface area contributed by atoms with Crippen LogP contribution in [0.4, 0.5) is 5.69 Å². The number of nitrogens with zero attached hydrogens (tertiary/aromatic N) is 1. The Morgan fingerprint density at radius 2 is 2.06 bits per heavy atom. The minimum absolute atomic E-state index is 0.625. The molecule has 0 aromatic heterocycles. The van der Waals surface area contributed by atoms with E-state index in [-0.39, 0.29) is 0 Å². The quantitative estimate of drug-likeness (QED) is 0.638. The third kappa shape index (κ3) is 3.87.